The fourth-order valence-electron chi connectivity index (χ4n) is 5.00. The van der Waals surface area contributed by atoms with Gasteiger partial charge in [0.15, 0.2) is 0 Å². The van der Waals surface area contributed by atoms with Gasteiger partial charge in [-0.15, -0.1) is 22.4 Å². The average molecular weight is 512 g/mol. The molecule has 2 saturated carbocycles. The van der Waals surface area contributed by atoms with E-state index in [0.717, 1.165) is 42.1 Å². The first-order chi connectivity index (χ1) is 10.1. The molecule has 24 heavy (non-hydrogen) atoms. The maximum absolute atomic E-state index is 3.74. The van der Waals surface area contributed by atoms with Gasteiger partial charge >= 0.3 is 26.2 Å². The summed E-state index contributed by atoms with van der Waals surface area (Å²) in [5, 5.41) is 3.74. The number of fused-ring (bicyclic) bond motifs is 2. The van der Waals surface area contributed by atoms with E-state index in [9.17, 15) is 0 Å². The van der Waals surface area contributed by atoms with E-state index in [0.29, 0.717) is 4.95 Å². The fourth-order valence-corrected chi connectivity index (χ4v) is 5.56. The maximum Gasteiger partial charge on any atom is 4.00 e. The predicted molar refractivity (Wildman–Crippen MR) is 92.8 cm³/mol. The molecular weight excluding hydrogens is 484 g/mol. The molecule has 0 aromatic rings. The van der Waals surface area contributed by atoms with Crippen LogP contribution in [-0.2, 0) is 26.2 Å². The molecule has 7 unspecified atom stereocenters. The van der Waals surface area contributed by atoms with Gasteiger partial charge in [0, 0.05) is 6.04 Å². The molecule has 5 heteroatoms. The fraction of sp³-hybridized carbons (Fsp3) is 0.737. The van der Waals surface area contributed by atoms with Gasteiger partial charge in [-0.3, -0.25) is 6.08 Å². The second kappa shape index (κ2) is 12.0. The van der Waals surface area contributed by atoms with Crippen LogP contribution in [0.2, 0.25) is 0 Å². The normalized spacial score (nSPS) is 41.5. The Morgan fingerprint density at radius 2 is 1.88 bits per heavy atom. The standard InChI is InChI=1S/C14H23BrN.C5H5.2ClH.Zr/c1-8-5-10-7-13-11(3-4-14(15)16-13)9(2)12(10)6-8;1-2-4-5-3-1;;;/h4,8-14,16H,3,5-7H2,1-2H3;1-3H,4H2;2*1H;/q2*-1;;;+4/p-2. The molecule has 4 aliphatic rings. The zero-order valence-electron chi connectivity index (χ0n) is 14.5. The molecule has 134 valence electrons. The zero-order valence-corrected chi connectivity index (χ0v) is 20.1. The number of hydrogen-bond acceptors (Lipinski definition) is 1. The monoisotopic (exact) mass is 509 g/mol. The Morgan fingerprint density at radius 3 is 2.46 bits per heavy atom. The van der Waals surface area contributed by atoms with Crippen LogP contribution >= 0.6 is 15.9 Å². The minimum atomic E-state index is 0. The van der Waals surface area contributed by atoms with Gasteiger partial charge in [-0.05, 0) is 42.9 Å². The van der Waals surface area contributed by atoms with Crippen LogP contribution < -0.4 is 30.1 Å². The van der Waals surface area contributed by atoms with Gasteiger partial charge < -0.3 is 36.6 Å². The number of allylic oxidation sites excluding steroid dienone is 4. The van der Waals surface area contributed by atoms with Crippen molar-refractivity contribution in [1.29, 1.82) is 0 Å². The van der Waals surface area contributed by atoms with Gasteiger partial charge in [0.25, 0.3) is 0 Å². The molecule has 0 amide bonds. The van der Waals surface area contributed by atoms with E-state index in [1.807, 2.05) is 12.2 Å². The van der Waals surface area contributed by atoms with Crippen molar-refractivity contribution < 1.29 is 51.0 Å². The molecule has 1 heterocycles. The molecule has 0 aromatic heterocycles. The largest absolute Gasteiger partial charge is 4.00 e. The summed E-state index contributed by atoms with van der Waals surface area (Å²) in [6, 6.07) is 0.774. The van der Waals surface area contributed by atoms with E-state index in [2.05, 4.69) is 53.7 Å². The Labute approximate surface area is 188 Å². The molecule has 0 radical (unpaired) electrons. The van der Waals surface area contributed by atoms with Crippen LogP contribution in [0.5, 0.6) is 0 Å². The van der Waals surface area contributed by atoms with Crippen molar-refractivity contribution in [2.75, 3.05) is 0 Å². The van der Waals surface area contributed by atoms with Crippen molar-refractivity contribution in [2.45, 2.75) is 56.9 Å². The predicted octanol–water partition coefficient (Wildman–Crippen LogP) is -1.10. The van der Waals surface area contributed by atoms with Crippen molar-refractivity contribution >= 4 is 15.9 Å². The molecule has 7 atom stereocenters. The van der Waals surface area contributed by atoms with Crippen molar-refractivity contribution in [3.8, 4) is 0 Å². The summed E-state index contributed by atoms with van der Waals surface area (Å²) in [5.74, 6) is 4.84. The Balaban J connectivity index is 0.000000578. The van der Waals surface area contributed by atoms with Crippen LogP contribution in [-0.4, -0.2) is 11.0 Å². The molecule has 3 fully saturated rings. The Hall–Kier alpha value is 1.38. The molecule has 1 nitrogen and oxygen atoms in total. The number of alkyl halides is 1. The molecule has 0 bridgehead atoms. The van der Waals surface area contributed by atoms with Crippen LogP contribution in [0.3, 0.4) is 0 Å². The van der Waals surface area contributed by atoms with Gasteiger partial charge in [0.2, 0.25) is 0 Å². The molecule has 4 rings (SSSR count). The van der Waals surface area contributed by atoms with Crippen molar-refractivity contribution in [1.82, 2.24) is 5.32 Å². The Morgan fingerprint density at radius 1 is 1.12 bits per heavy atom. The topological polar surface area (TPSA) is 12.0 Å². The summed E-state index contributed by atoms with van der Waals surface area (Å²) in [6.45, 7) is 4.96. The summed E-state index contributed by atoms with van der Waals surface area (Å²) in [7, 11) is 0. The van der Waals surface area contributed by atoms with Crippen LogP contribution in [0.25, 0.3) is 0 Å². The van der Waals surface area contributed by atoms with Crippen LogP contribution in [0.4, 0.5) is 0 Å². The van der Waals surface area contributed by atoms with E-state index < -0.39 is 0 Å². The van der Waals surface area contributed by atoms with E-state index >= 15 is 0 Å². The maximum atomic E-state index is 3.74. The SMILES string of the molecule is CC1CC2CC3NC(Br)[CH-]CC3C(C)C2C1.[C-]1=CC=CC1.[Cl-].[Cl-].[Zr+4]. The molecule has 0 aromatic carbocycles. The molecule has 1 saturated heterocycles. The van der Waals surface area contributed by atoms with Crippen LogP contribution in [0, 0.1) is 42.1 Å². The summed E-state index contributed by atoms with van der Waals surface area (Å²) in [4.78, 5) is 0.455. The average Bonchev–Trinajstić information content (AvgIpc) is 3.11. The Kier molecular flexibility index (Phi) is 12.7. The van der Waals surface area contributed by atoms with E-state index in [1.165, 1.54) is 25.7 Å². The van der Waals surface area contributed by atoms with Gasteiger partial charge in [-0.1, -0.05) is 24.7 Å². The molecular formula is C19H28BrCl2NZr. The summed E-state index contributed by atoms with van der Waals surface area (Å²) >= 11 is 3.69. The van der Waals surface area contributed by atoms with Gasteiger partial charge in [0.05, 0.1) is 0 Å². The minimum Gasteiger partial charge on any atom is -1.00 e. The summed E-state index contributed by atoms with van der Waals surface area (Å²) in [6.07, 6.45) is 18.1. The quantitative estimate of drug-likeness (QED) is 0.247. The number of hydrogen-bond donors (Lipinski definition) is 1. The van der Waals surface area contributed by atoms with E-state index in [-0.39, 0.29) is 51.0 Å². The van der Waals surface area contributed by atoms with E-state index in [4.69, 9.17) is 0 Å². The van der Waals surface area contributed by atoms with Gasteiger partial charge in [-0.25, -0.2) is 12.2 Å². The molecule has 3 aliphatic carbocycles. The molecule has 1 N–H and O–H groups in total. The minimum absolute atomic E-state index is 0. The van der Waals surface area contributed by atoms with E-state index in [1.54, 1.807) is 0 Å². The zero-order chi connectivity index (χ0) is 14.8. The number of halogens is 3. The first-order valence-corrected chi connectivity index (χ1v) is 9.52. The summed E-state index contributed by atoms with van der Waals surface area (Å²) < 4.78 is 0. The summed E-state index contributed by atoms with van der Waals surface area (Å²) in [5.41, 5.74) is 0. The second-order valence-electron chi connectivity index (χ2n) is 7.41. The number of piperidine rings is 1. The third-order valence-corrected chi connectivity index (χ3v) is 6.62. The molecule has 1 aliphatic heterocycles. The number of nitrogens with one attached hydrogen (secondary N) is 1. The third kappa shape index (κ3) is 6.22. The first-order valence-electron chi connectivity index (χ1n) is 8.60. The van der Waals surface area contributed by atoms with Crippen molar-refractivity contribution in [3.05, 3.63) is 30.7 Å². The first kappa shape index (κ1) is 25.4. The van der Waals surface area contributed by atoms with Crippen molar-refractivity contribution in [2.24, 2.45) is 29.6 Å². The van der Waals surface area contributed by atoms with Crippen LogP contribution in [0.1, 0.15) is 46.0 Å². The molecule has 0 spiro atoms. The van der Waals surface area contributed by atoms with Gasteiger partial charge in [-0.2, -0.15) is 12.5 Å². The smallest absolute Gasteiger partial charge is 1.00 e. The van der Waals surface area contributed by atoms with Gasteiger partial charge in [0.1, 0.15) is 0 Å². The number of rotatable bonds is 0. The third-order valence-electron chi connectivity index (χ3n) is 5.98. The van der Waals surface area contributed by atoms with Crippen molar-refractivity contribution in [3.63, 3.8) is 0 Å². The van der Waals surface area contributed by atoms with Crippen LogP contribution in [0.15, 0.2) is 18.2 Å². The Bertz CT molecular complexity index is 406. The second-order valence-corrected chi connectivity index (χ2v) is 8.40.